The summed E-state index contributed by atoms with van der Waals surface area (Å²) < 4.78 is 5.09. The predicted octanol–water partition coefficient (Wildman–Crippen LogP) is 4.79. The number of anilines is 1. The Morgan fingerprint density at radius 1 is 0.875 bits per heavy atom. The molecule has 0 fully saturated rings. The van der Waals surface area contributed by atoms with Gasteiger partial charge in [-0.3, -0.25) is 9.59 Å². The molecule has 0 radical (unpaired) electrons. The van der Waals surface area contributed by atoms with Gasteiger partial charge >= 0.3 is 5.97 Å². The van der Waals surface area contributed by atoms with Crippen LogP contribution in [0.2, 0.25) is 5.02 Å². The van der Waals surface area contributed by atoms with E-state index in [1.165, 1.54) is 0 Å². The number of thioether (sulfide) groups is 1. The Hall–Kier alpha value is -3.29. The van der Waals surface area contributed by atoms with Crippen molar-refractivity contribution in [3.8, 4) is 0 Å². The average Bonchev–Trinajstić information content (AvgIpc) is 2.82. The van der Waals surface area contributed by atoms with E-state index in [0.717, 1.165) is 16.2 Å². The number of amides is 2. The van der Waals surface area contributed by atoms with Crippen molar-refractivity contribution >= 4 is 46.8 Å². The van der Waals surface area contributed by atoms with E-state index in [0.29, 0.717) is 21.8 Å². The van der Waals surface area contributed by atoms with E-state index in [2.05, 4.69) is 10.6 Å². The zero-order chi connectivity index (χ0) is 22.9. The molecule has 164 valence electrons. The lowest BCUT2D eigenvalue weighted by Gasteiger charge is -2.08. The first-order valence-corrected chi connectivity index (χ1v) is 11.1. The summed E-state index contributed by atoms with van der Waals surface area (Å²) in [6.07, 6.45) is 0. The molecule has 3 rings (SSSR count). The molecule has 3 aromatic rings. The molecule has 0 spiro atoms. The Labute approximate surface area is 195 Å². The Kier molecular flexibility index (Phi) is 8.30. The minimum absolute atomic E-state index is 0.216. The summed E-state index contributed by atoms with van der Waals surface area (Å²) in [6.45, 7) is -0.412. The highest BCUT2D eigenvalue weighted by atomic mass is 35.5. The van der Waals surface area contributed by atoms with Crippen molar-refractivity contribution in [2.45, 2.75) is 10.6 Å². The van der Waals surface area contributed by atoms with Crippen LogP contribution >= 0.6 is 23.4 Å². The number of carbonyl (C=O) groups is 3. The minimum Gasteiger partial charge on any atom is -0.452 e. The first kappa shape index (κ1) is 23.4. The zero-order valence-corrected chi connectivity index (χ0v) is 18.8. The van der Waals surface area contributed by atoms with Crippen molar-refractivity contribution < 1.29 is 19.1 Å². The maximum atomic E-state index is 12.2. The first-order chi connectivity index (χ1) is 15.4. The van der Waals surface area contributed by atoms with E-state index < -0.39 is 18.5 Å². The molecule has 0 aromatic heterocycles. The van der Waals surface area contributed by atoms with Crippen molar-refractivity contribution in [1.82, 2.24) is 5.32 Å². The number of hydrogen-bond acceptors (Lipinski definition) is 5. The monoisotopic (exact) mass is 468 g/mol. The van der Waals surface area contributed by atoms with Gasteiger partial charge in [-0.05, 0) is 66.2 Å². The summed E-state index contributed by atoms with van der Waals surface area (Å²) in [5, 5.41) is 5.84. The number of esters is 1. The second-order valence-electron chi connectivity index (χ2n) is 6.72. The molecule has 6 nitrogen and oxygen atoms in total. The van der Waals surface area contributed by atoms with Gasteiger partial charge in [0.05, 0.1) is 5.56 Å². The van der Waals surface area contributed by atoms with Gasteiger partial charge in [-0.2, -0.15) is 0 Å². The Bertz CT molecular complexity index is 1080. The summed E-state index contributed by atoms with van der Waals surface area (Å²) in [4.78, 5) is 36.9. The number of rotatable bonds is 8. The fourth-order valence-corrected chi connectivity index (χ4v) is 3.68. The zero-order valence-electron chi connectivity index (χ0n) is 17.3. The highest BCUT2D eigenvalue weighted by molar-refractivity contribution is 7.98. The molecule has 0 aliphatic carbocycles. The van der Waals surface area contributed by atoms with Gasteiger partial charge in [0.1, 0.15) is 0 Å². The lowest BCUT2D eigenvalue weighted by atomic mass is 10.1. The third-order valence-corrected chi connectivity index (χ3v) is 5.74. The van der Waals surface area contributed by atoms with Gasteiger partial charge in [-0.25, -0.2) is 4.79 Å². The van der Waals surface area contributed by atoms with Gasteiger partial charge < -0.3 is 15.4 Å². The highest BCUT2D eigenvalue weighted by Crippen LogP contribution is 2.24. The fraction of sp³-hybridized carbons (Fsp3) is 0.125. The second kappa shape index (κ2) is 11.4. The molecule has 8 heteroatoms. The smallest absolute Gasteiger partial charge is 0.338 e. The highest BCUT2D eigenvalue weighted by Gasteiger charge is 2.11. The maximum absolute atomic E-state index is 12.2. The van der Waals surface area contributed by atoms with Crippen LogP contribution in [0.15, 0.2) is 77.7 Å². The number of halogens is 1. The van der Waals surface area contributed by atoms with Crippen molar-refractivity contribution in [3.05, 3.63) is 94.5 Å². The van der Waals surface area contributed by atoms with Crippen LogP contribution in [0.3, 0.4) is 0 Å². The SMILES string of the molecule is CNC(=O)c1ccc(NC(=O)COC(=O)c2ccc(CSc3ccc(Cl)cc3)cc2)cc1. The average molecular weight is 469 g/mol. The lowest BCUT2D eigenvalue weighted by Crippen LogP contribution is -2.21. The number of hydrogen-bond donors (Lipinski definition) is 2. The molecular weight excluding hydrogens is 448 g/mol. The van der Waals surface area contributed by atoms with Crippen molar-refractivity contribution in [1.29, 1.82) is 0 Å². The van der Waals surface area contributed by atoms with Crippen molar-refractivity contribution in [3.63, 3.8) is 0 Å². The standard InChI is InChI=1S/C24H21ClN2O4S/c1-26-23(29)17-6-10-20(11-7-17)27-22(28)14-31-24(30)18-4-2-16(3-5-18)15-32-21-12-8-19(25)9-13-21/h2-13H,14-15H2,1H3,(H,26,29)(H,27,28). The van der Waals surface area contributed by atoms with E-state index in [-0.39, 0.29) is 5.91 Å². The number of benzene rings is 3. The molecule has 0 unspecified atom stereocenters. The molecule has 3 aromatic carbocycles. The second-order valence-corrected chi connectivity index (χ2v) is 8.21. The topological polar surface area (TPSA) is 84.5 Å². The summed E-state index contributed by atoms with van der Waals surface area (Å²) in [7, 11) is 1.54. The maximum Gasteiger partial charge on any atom is 0.338 e. The van der Waals surface area contributed by atoms with Gasteiger partial charge in [0.2, 0.25) is 0 Å². The van der Waals surface area contributed by atoms with E-state index in [4.69, 9.17) is 16.3 Å². The molecule has 2 amide bonds. The van der Waals surface area contributed by atoms with Gasteiger partial charge in [0.25, 0.3) is 11.8 Å². The van der Waals surface area contributed by atoms with E-state index in [1.807, 2.05) is 36.4 Å². The van der Waals surface area contributed by atoms with E-state index in [9.17, 15) is 14.4 Å². The molecule has 0 aliphatic heterocycles. The summed E-state index contributed by atoms with van der Waals surface area (Å²) in [5.41, 5.74) is 2.40. The van der Waals surface area contributed by atoms with Gasteiger partial charge in [-0.1, -0.05) is 23.7 Å². The van der Waals surface area contributed by atoms with Crippen LogP contribution in [-0.2, 0) is 15.3 Å². The fourth-order valence-electron chi connectivity index (χ4n) is 2.70. The molecular formula is C24H21ClN2O4S. The van der Waals surface area contributed by atoms with Gasteiger partial charge in [0.15, 0.2) is 6.61 Å². The molecule has 0 saturated carbocycles. The number of carbonyl (C=O) groups excluding carboxylic acids is 3. The summed E-state index contributed by atoms with van der Waals surface area (Å²) in [6, 6.07) is 21.1. The Morgan fingerprint density at radius 2 is 1.50 bits per heavy atom. The van der Waals surface area contributed by atoms with Crippen LogP contribution in [-0.4, -0.2) is 31.4 Å². The molecule has 0 heterocycles. The largest absolute Gasteiger partial charge is 0.452 e. The van der Waals surface area contributed by atoms with Crippen LogP contribution in [0.25, 0.3) is 0 Å². The first-order valence-electron chi connectivity index (χ1n) is 9.71. The van der Waals surface area contributed by atoms with Gasteiger partial charge in [0, 0.05) is 34.0 Å². The van der Waals surface area contributed by atoms with Crippen molar-refractivity contribution in [2.24, 2.45) is 0 Å². The normalized spacial score (nSPS) is 10.3. The van der Waals surface area contributed by atoms with Crippen LogP contribution in [0, 0.1) is 0 Å². The van der Waals surface area contributed by atoms with E-state index in [1.54, 1.807) is 55.2 Å². The quantitative estimate of drug-likeness (QED) is 0.367. The van der Waals surface area contributed by atoms with Crippen LogP contribution < -0.4 is 10.6 Å². The predicted molar refractivity (Wildman–Crippen MR) is 126 cm³/mol. The molecule has 32 heavy (non-hydrogen) atoms. The third kappa shape index (κ3) is 6.87. The minimum atomic E-state index is -0.577. The molecule has 2 N–H and O–H groups in total. The summed E-state index contributed by atoms with van der Waals surface area (Å²) >= 11 is 7.56. The lowest BCUT2D eigenvalue weighted by molar-refractivity contribution is -0.119. The van der Waals surface area contributed by atoms with Gasteiger partial charge in [-0.15, -0.1) is 11.8 Å². The van der Waals surface area contributed by atoms with Crippen molar-refractivity contribution in [2.75, 3.05) is 19.0 Å². The Morgan fingerprint density at radius 3 is 2.12 bits per heavy atom. The van der Waals surface area contributed by atoms with Crippen LogP contribution in [0.1, 0.15) is 26.3 Å². The molecule has 0 bridgehead atoms. The molecule has 0 saturated heterocycles. The summed E-state index contributed by atoms with van der Waals surface area (Å²) in [5.74, 6) is -0.515. The number of ether oxygens (including phenoxy) is 1. The number of nitrogens with one attached hydrogen (secondary N) is 2. The third-order valence-electron chi connectivity index (χ3n) is 4.40. The molecule has 0 aliphatic rings. The Balaban J connectivity index is 1.45. The van der Waals surface area contributed by atoms with Crippen LogP contribution in [0.4, 0.5) is 5.69 Å². The molecule has 0 atom stereocenters. The van der Waals surface area contributed by atoms with Crippen LogP contribution in [0.5, 0.6) is 0 Å². The van der Waals surface area contributed by atoms with E-state index >= 15 is 0 Å².